The Hall–Kier alpha value is -4.42. The summed E-state index contributed by atoms with van der Waals surface area (Å²) in [6.45, 7) is 0. The first-order valence-corrected chi connectivity index (χ1v) is 15.6. The number of aromatic nitrogens is 4. The lowest BCUT2D eigenvalue weighted by Gasteiger charge is -2.51. The molecule has 1 aromatic heterocycles. The highest BCUT2D eigenvalue weighted by Gasteiger charge is 2.56. The summed E-state index contributed by atoms with van der Waals surface area (Å²) >= 11 is 2.77. The number of benzene rings is 3. The van der Waals surface area contributed by atoms with Crippen LogP contribution in [0.15, 0.2) is 107 Å². The van der Waals surface area contributed by atoms with Crippen molar-refractivity contribution in [3.8, 4) is 0 Å². The summed E-state index contributed by atoms with van der Waals surface area (Å²) < 4.78 is 7.77. The van der Waals surface area contributed by atoms with E-state index in [0.717, 1.165) is 16.7 Å². The van der Waals surface area contributed by atoms with Gasteiger partial charge in [-0.15, -0.1) is 16.9 Å². The van der Waals surface area contributed by atoms with E-state index in [1.54, 1.807) is 11.7 Å². The lowest BCUT2D eigenvalue weighted by Crippen LogP contribution is -2.74. The Kier molecular flexibility index (Phi) is 8.57. The average molecular weight is 613 g/mol. The number of ether oxygens (including phenoxy) is 1. The number of tetrazole rings is 1. The third-order valence-electron chi connectivity index (χ3n) is 7.20. The molecule has 3 aromatic carbocycles. The van der Waals surface area contributed by atoms with Crippen molar-refractivity contribution in [2.45, 2.75) is 35.1 Å². The number of rotatable bonds is 10. The van der Waals surface area contributed by atoms with E-state index in [4.69, 9.17) is 4.74 Å². The number of nitrogens with one attached hydrogen (secondary N) is 1. The third-order valence-corrected chi connectivity index (χ3v) is 9.50. The summed E-state index contributed by atoms with van der Waals surface area (Å²) in [6.07, 6.45) is -0.509. The molecule has 12 heteroatoms. The van der Waals surface area contributed by atoms with Gasteiger partial charge in [-0.25, -0.2) is 9.48 Å². The molecule has 1 saturated heterocycles. The summed E-state index contributed by atoms with van der Waals surface area (Å²) in [6, 6.07) is 26.7. The number of carbonyl (C=O) groups excluding carboxylic acids is 3. The molecule has 3 atom stereocenters. The highest BCUT2D eigenvalue weighted by molar-refractivity contribution is 8.03. The fraction of sp³-hybridized carbons (Fsp3) is 0.226. The summed E-state index contributed by atoms with van der Waals surface area (Å²) in [5.41, 5.74) is 3.18. The van der Waals surface area contributed by atoms with Crippen LogP contribution in [0, 0.1) is 0 Å². The molecule has 1 N–H and O–H groups in total. The molecule has 2 aliphatic heterocycles. The lowest BCUT2D eigenvalue weighted by atomic mass is 9.97. The molecule has 3 heterocycles. The molecule has 2 aliphatic rings. The zero-order chi connectivity index (χ0) is 29.8. The van der Waals surface area contributed by atoms with E-state index in [9.17, 15) is 14.4 Å². The van der Waals surface area contributed by atoms with Crippen molar-refractivity contribution < 1.29 is 19.1 Å². The molecule has 0 saturated carbocycles. The van der Waals surface area contributed by atoms with Gasteiger partial charge in [0, 0.05) is 12.8 Å². The van der Waals surface area contributed by atoms with Gasteiger partial charge in [-0.2, -0.15) is 0 Å². The number of β-lactam (4-membered cyclic amide) rings is 1. The van der Waals surface area contributed by atoms with Gasteiger partial charge in [0.2, 0.25) is 17.0 Å². The first kappa shape index (κ1) is 28.7. The van der Waals surface area contributed by atoms with E-state index >= 15 is 0 Å². The minimum absolute atomic E-state index is 0.159. The number of esters is 1. The first-order chi connectivity index (χ1) is 21.0. The van der Waals surface area contributed by atoms with Crippen molar-refractivity contribution >= 4 is 41.3 Å². The third kappa shape index (κ3) is 6.20. The van der Waals surface area contributed by atoms with Crippen LogP contribution in [0.1, 0.15) is 22.8 Å². The average Bonchev–Trinajstić information content (AvgIpc) is 3.46. The highest BCUT2D eigenvalue weighted by atomic mass is 32.2. The van der Waals surface area contributed by atoms with Gasteiger partial charge in [0.25, 0.3) is 0 Å². The van der Waals surface area contributed by atoms with Crippen LogP contribution in [-0.2, 0) is 32.6 Å². The van der Waals surface area contributed by atoms with Crippen molar-refractivity contribution in [3.63, 3.8) is 0 Å². The van der Waals surface area contributed by atoms with Gasteiger partial charge < -0.3 is 15.0 Å². The van der Waals surface area contributed by atoms with Gasteiger partial charge in [-0.05, 0) is 38.1 Å². The lowest BCUT2D eigenvalue weighted by molar-refractivity contribution is -0.165. The van der Waals surface area contributed by atoms with Gasteiger partial charge in [-0.3, -0.25) is 9.59 Å². The van der Waals surface area contributed by atoms with E-state index in [1.807, 2.05) is 96.4 Å². The van der Waals surface area contributed by atoms with E-state index < -0.39 is 29.5 Å². The monoisotopic (exact) mass is 612 g/mol. The molecule has 2 amide bonds. The summed E-state index contributed by atoms with van der Waals surface area (Å²) in [5.74, 6) is -0.762. The Morgan fingerprint density at radius 3 is 2.21 bits per heavy atom. The summed E-state index contributed by atoms with van der Waals surface area (Å²) in [7, 11) is 1.74. The van der Waals surface area contributed by atoms with Crippen molar-refractivity contribution in [3.05, 3.63) is 119 Å². The van der Waals surface area contributed by atoms with Crippen molar-refractivity contribution in [1.29, 1.82) is 0 Å². The molecule has 0 aliphatic carbocycles. The van der Waals surface area contributed by atoms with E-state index in [0.29, 0.717) is 16.5 Å². The van der Waals surface area contributed by atoms with Crippen LogP contribution in [0.4, 0.5) is 0 Å². The molecule has 0 unspecified atom stereocenters. The summed E-state index contributed by atoms with van der Waals surface area (Å²) in [5, 5.41) is 16.5. The number of hydrogen-bond acceptors (Lipinski definition) is 9. The number of carbonyl (C=O) groups is 3. The fourth-order valence-corrected chi connectivity index (χ4v) is 7.26. The van der Waals surface area contributed by atoms with Gasteiger partial charge in [0.15, 0.2) is 12.1 Å². The molecule has 0 radical (unpaired) electrons. The SMILES string of the molecule is Cn1nnnc1SCC1=CS[C@@H]2[C@H](NC(=O)Cc3ccccc3)C(=O)N2[C@H]1C(=O)OC(c1ccccc1)c1ccccc1. The van der Waals surface area contributed by atoms with Crippen LogP contribution in [0.2, 0.25) is 0 Å². The fourth-order valence-electron chi connectivity index (χ4n) is 5.08. The van der Waals surface area contributed by atoms with Crippen LogP contribution >= 0.6 is 23.5 Å². The first-order valence-electron chi connectivity index (χ1n) is 13.6. The maximum absolute atomic E-state index is 14.1. The highest BCUT2D eigenvalue weighted by Crippen LogP contribution is 2.42. The Morgan fingerprint density at radius 1 is 0.977 bits per heavy atom. The Balaban J connectivity index is 1.25. The summed E-state index contributed by atoms with van der Waals surface area (Å²) in [4.78, 5) is 42.0. The van der Waals surface area contributed by atoms with Crippen LogP contribution < -0.4 is 5.32 Å². The normalized spacial score (nSPS) is 19.3. The molecular weight excluding hydrogens is 585 g/mol. The Bertz CT molecular complexity index is 1590. The maximum Gasteiger partial charge on any atom is 0.334 e. The van der Waals surface area contributed by atoms with Crippen molar-refractivity contribution in [1.82, 2.24) is 30.4 Å². The molecule has 0 spiro atoms. The molecule has 218 valence electrons. The van der Waals surface area contributed by atoms with Crippen molar-refractivity contribution in [2.75, 3.05) is 5.75 Å². The number of nitrogens with zero attached hydrogens (tertiary/aromatic N) is 5. The van der Waals surface area contributed by atoms with Gasteiger partial charge in [0.1, 0.15) is 11.4 Å². The number of thioether (sulfide) groups is 2. The van der Waals surface area contributed by atoms with E-state index in [-0.39, 0.29) is 18.2 Å². The van der Waals surface area contributed by atoms with E-state index in [2.05, 4.69) is 20.8 Å². The molecule has 0 bridgehead atoms. The molecular formula is C31H28N6O4S2. The molecule has 6 rings (SSSR count). The minimum Gasteiger partial charge on any atom is -0.451 e. The minimum atomic E-state index is -0.968. The number of amides is 2. The van der Waals surface area contributed by atoms with Gasteiger partial charge in [-0.1, -0.05) is 103 Å². The zero-order valence-corrected chi connectivity index (χ0v) is 24.8. The molecule has 43 heavy (non-hydrogen) atoms. The maximum atomic E-state index is 14.1. The second-order valence-corrected chi connectivity index (χ2v) is 12.0. The standard InChI is InChI=1S/C31H28N6O4S2/c1-36-31(33-34-35-36)43-19-23-18-42-29-25(32-24(38)17-20-11-5-2-6-12-20)28(39)37(29)26(23)30(40)41-27(21-13-7-3-8-14-21)22-15-9-4-10-16-22/h2-16,18,25-27,29H,17,19H2,1H3,(H,32,38)/t25-,26-,29-/m1/s1. The van der Waals surface area contributed by atoms with Gasteiger partial charge in [0.05, 0.1) is 6.42 Å². The smallest absolute Gasteiger partial charge is 0.334 e. The van der Waals surface area contributed by atoms with Gasteiger partial charge >= 0.3 is 5.97 Å². The number of aryl methyl sites for hydroxylation is 1. The molecule has 4 aromatic rings. The number of fused-ring (bicyclic) bond motifs is 1. The Labute approximate surface area is 256 Å². The Morgan fingerprint density at radius 2 is 1.60 bits per heavy atom. The van der Waals surface area contributed by atoms with Crippen LogP contribution in [0.5, 0.6) is 0 Å². The zero-order valence-electron chi connectivity index (χ0n) is 23.1. The second kappa shape index (κ2) is 12.8. The van der Waals surface area contributed by atoms with Crippen LogP contribution in [0.3, 0.4) is 0 Å². The molecule has 10 nitrogen and oxygen atoms in total. The van der Waals surface area contributed by atoms with Crippen LogP contribution in [0.25, 0.3) is 0 Å². The predicted molar refractivity (Wildman–Crippen MR) is 163 cm³/mol. The quantitative estimate of drug-likeness (QED) is 0.163. The topological polar surface area (TPSA) is 119 Å². The largest absolute Gasteiger partial charge is 0.451 e. The van der Waals surface area contributed by atoms with Crippen molar-refractivity contribution in [2.24, 2.45) is 7.05 Å². The second-order valence-electron chi connectivity index (χ2n) is 10.1. The van der Waals surface area contributed by atoms with E-state index in [1.165, 1.54) is 28.4 Å². The molecule has 1 fully saturated rings. The predicted octanol–water partition coefficient (Wildman–Crippen LogP) is 3.53. The number of hydrogen-bond donors (Lipinski definition) is 1. The van der Waals surface area contributed by atoms with Crippen LogP contribution in [-0.4, -0.2) is 66.1 Å².